The van der Waals surface area contributed by atoms with Gasteiger partial charge >= 0.3 is 0 Å². The first kappa shape index (κ1) is 16.0. The number of likely N-dealkylation sites (tertiary alicyclic amines) is 1. The van der Waals surface area contributed by atoms with E-state index in [0.717, 1.165) is 31.6 Å². The number of piperidine rings is 1. The number of halogens is 1. The smallest absolute Gasteiger partial charge is 0.229 e. The van der Waals surface area contributed by atoms with Crippen LogP contribution in [0.4, 0.5) is 4.39 Å². The first-order valence-electron chi connectivity index (χ1n) is 7.77. The number of aliphatic hydroxyl groups is 1. The summed E-state index contributed by atoms with van der Waals surface area (Å²) in [4.78, 5) is 6.69. The van der Waals surface area contributed by atoms with Gasteiger partial charge in [-0.2, -0.15) is 0 Å². The van der Waals surface area contributed by atoms with Crippen molar-refractivity contribution in [2.75, 3.05) is 20.2 Å². The summed E-state index contributed by atoms with van der Waals surface area (Å²) in [6.07, 6.45) is 1.35. The molecule has 1 aromatic carbocycles. The van der Waals surface area contributed by atoms with Gasteiger partial charge in [-0.25, -0.2) is 9.37 Å². The fraction of sp³-hybridized carbons (Fsp3) is 0.471. The van der Waals surface area contributed by atoms with Crippen LogP contribution in [-0.4, -0.2) is 41.3 Å². The number of aliphatic hydroxyl groups excluding tert-OH is 1. The number of rotatable bonds is 4. The monoisotopic (exact) mass is 320 g/mol. The summed E-state index contributed by atoms with van der Waals surface area (Å²) in [6, 6.07) is 4.62. The predicted octanol–water partition coefficient (Wildman–Crippen LogP) is 2.75. The van der Waals surface area contributed by atoms with Crippen molar-refractivity contribution in [3.63, 3.8) is 0 Å². The molecule has 2 aromatic rings. The van der Waals surface area contributed by atoms with Gasteiger partial charge in [-0.15, -0.1) is 0 Å². The number of aryl methyl sites for hydroxylation is 1. The summed E-state index contributed by atoms with van der Waals surface area (Å²) in [5.74, 6) is 1.02. The minimum absolute atomic E-state index is 0.200. The minimum Gasteiger partial charge on any atom is -0.497 e. The molecule has 2 heterocycles. The van der Waals surface area contributed by atoms with E-state index in [4.69, 9.17) is 9.15 Å². The van der Waals surface area contributed by atoms with Crippen molar-refractivity contribution in [3.05, 3.63) is 35.5 Å². The molecule has 23 heavy (non-hydrogen) atoms. The number of methoxy groups -OCH3 is 1. The number of nitrogens with zero attached hydrogens (tertiary/aromatic N) is 2. The lowest BCUT2D eigenvalue weighted by molar-refractivity contribution is 0.0785. The Labute approximate surface area is 134 Å². The third kappa shape index (κ3) is 3.54. The van der Waals surface area contributed by atoms with E-state index < -0.39 is 5.82 Å². The quantitative estimate of drug-likeness (QED) is 0.939. The molecular weight excluding hydrogens is 299 g/mol. The second-order valence-electron chi connectivity index (χ2n) is 5.87. The van der Waals surface area contributed by atoms with E-state index in [1.165, 1.54) is 13.2 Å². The van der Waals surface area contributed by atoms with Crippen LogP contribution in [0.2, 0.25) is 0 Å². The Morgan fingerprint density at radius 3 is 2.78 bits per heavy atom. The minimum atomic E-state index is -0.418. The summed E-state index contributed by atoms with van der Waals surface area (Å²) >= 11 is 0. The van der Waals surface area contributed by atoms with Crippen LogP contribution in [0.3, 0.4) is 0 Å². The van der Waals surface area contributed by atoms with Crippen LogP contribution < -0.4 is 4.74 Å². The third-order valence-corrected chi connectivity index (χ3v) is 4.23. The van der Waals surface area contributed by atoms with Crippen molar-refractivity contribution in [2.24, 2.45) is 0 Å². The van der Waals surface area contributed by atoms with Gasteiger partial charge in [0, 0.05) is 25.7 Å². The summed E-state index contributed by atoms with van der Waals surface area (Å²) in [7, 11) is 1.50. The van der Waals surface area contributed by atoms with Gasteiger partial charge in [-0.1, -0.05) is 0 Å². The van der Waals surface area contributed by atoms with E-state index >= 15 is 0 Å². The van der Waals surface area contributed by atoms with Crippen LogP contribution in [0.1, 0.15) is 24.3 Å². The number of oxazole rings is 1. The van der Waals surface area contributed by atoms with Gasteiger partial charge in [0.1, 0.15) is 17.3 Å². The van der Waals surface area contributed by atoms with Crippen LogP contribution in [-0.2, 0) is 6.54 Å². The van der Waals surface area contributed by atoms with E-state index in [0.29, 0.717) is 23.6 Å². The van der Waals surface area contributed by atoms with E-state index in [1.54, 1.807) is 12.1 Å². The van der Waals surface area contributed by atoms with E-state index in [9.17, 15) is 9.50 Å². The number of aromatic nitrogens is 1. The molecule has 0 saturated carbocycles. The molecule has 0 bridgehead atoms. The van der Waals surface area contributed by atoms with Gasteiger partial charge < -0.3 is 14.3 Å². The first-order chi connectivity index (χ1) is 11.1. The highest BCUT2D eigenvalue weighted by Crippen LogP contribution is 2.28. The maximum absolute atomic E-state index is 14.1. The van der Waals surface area contributed by atoms with Crippen LogP contribution in [0.15, 0.2) is 22.6 Å². The molecular formula is C17H21FN2O3. The second kappa shape index (κ2) is 6.68. The fourth-order valence-electron chi connectivity index (χ4n) is 2.78. The molecule has 1 fully saturated rings. The van der Waals surface area contributed by atoms with Crippen LogP contribution in [0.25, 0.3) is 11.5 Å². The standard InChI is InChI=1S/C17H21FN2O3/c1-11-16(10-20-7-5-12(21)6-8-20)19-17(23-11)14-4-3-13(22-2)9-15(14)18/h3-4,9,12,21H,5-8,10H2,1-2H3. The lowest BCUT2D eigenvalue weighted by atomic mass is 10.1. The van der Waals surface area contributed by atoms with Gasteiger partial charge in [0.25, 0.3) is 0 Å². The van der Waals surface area contributed by atoms with E-state index in [2.05, 4.69) is 9.88 Å². The molecule has 1 N–H and O–H groups in total. The van der Waals surface area contributed by atoms with Crippen molar-refractivity contribution in [3.8, 4) is 17.2 Å². The molecule has 5 nitrogen and oxygen atoms in total. The molecule has 0 aliphatic carbocycles. The number of ether oxygens (including phenoxy) is 1. The number of hydrogen-bond acceptors (Lipinski definition) is 5. The predicted molar refractivity (Wildman–Crippen MR) is 83.7 cm³/mol. The molecule has 1 aliphatic rings. The molecule has 6 heteroatoms. The van der Waals surface area contributed by atoms with E-state index in [1.807, 2.05) is 6.92 Å². The highest BCUT2D eigenvalue weighted by molar-refractivity contribution is 5.56. The largest absolute Gasteiger partial charge is 0.497 e. The van der Waals surface area contributed by atoms with Crippen molar-refractivity contribution in [1.82, 2.24) is 9.88 Å². The molecule has 1 aromatic heterocycles. The maximum Gasteiger partial charge on any atom is 0.229 e. The zero-order chi connectivity index (χ0) is 16.4. The SMILES string of the molecule is COc1ccc(-c2nc(CN3CCC(O)CC3)c(C)o2)c(F)c1. The second-order valence-corrected chi connectivity index (χ2v) is 5.87. The van der Waals surface area contributed by atoms with E-state index in [-0.39, 0.29) is 12.0 Å². The highest BCUT2D eigenvalue weighted by Gasteiger charge is 2.21. The lowest BCUT2D eigenvalue weighted by Crippen LogP contribution is -2.35. The topological polar surface area (TPSA) is 58.7 Å². The third-order valence-electron chi connectivity index (χ3n) is 4.23. The molecule has 0 spiro atoms. The molecule has 1 aliphatic heterocycles. The van der Waals surface area contributed by atoms with Crippen molar-refractivity contribution in [2.45, 2.75) is 32.4 Å². The first-order valence-corrected chi connectivity index (χ1v) is 7.77. The summed E-state index contributed by atoms with van der Waals surface area (Å²) < 4.78 is 24.8. The Hall–Kier alpha value is -1.92. The summed E-state index contributed by atoms with van der Waals surface area (Å²) in [6.45, 7) is 4.16. The molecule has 0 radical (unpaired) electrons. The zero-order valence-corrected chi connectivity index (χ0v) is 13.4. The lowest BCUT2D eigenvalue weighted by Gasteiger charge is -2.28. The zero-order valence-electron chi connectivity index (χ0n) is 13.4. The van der Waals surface area contributed by atoms with Gasteiger partial charge in [-0.3, -0.25) is 4.90 Å². The average molecular weight is 320 g/mol. The van der Waals surface area contributed by atoms with Crippen molar-refractivity contribution >= 4 is 0 Å². The van der Waals surface area contributed by atoms with Gasteiger partial charge in [0.05, 0.1) is 24.5 Å². The number of hydrogen-bond donors (Lipinski definition) is 1. The van der Waals surface area contributed by atoms with Crippen molar-refractivity contribution in [1.29, 1.82) is 0 Å². The molecule has 0 amide bonds. The maximum atomic E-state index is 14.1. The van der Waals surface area contributed by atoms with Gasteiger partial charge in [0.15, 0.2) is 0 Å². The Bertz CT molecular complexity index is 678. The highest BCUT2D eigenvalue weighted by atomic mass is 19.1. The Balaban J connectivity index is 1.78. The fourth-order valence-corrected chi connectivity index (χ4v) is 2.78. The molecule has 0 atom stereocenters. The van der Waals surface area contributed by atoms with Crippen molar-refractivity contribution < 1.29 is 18.7 Å². The molecule has 0 unspecified atom stereocenters. The average Bonchev–Trinajstić information content (AvgIpc) is 2.90. The Kier molecular flexibility index (Phi) is 4.63. The van der Waals surface area contributed by atoms with Crippen LogP contribution in [0, 0.1) is 12.7 Å². The molecule has 124 valence electrons. The normalized spacial score (nSPS) is 16.7. The van der Waals surface area contributed by atoms with Gasteiger partial charge in [0.2, 0.25) is 5.89 Å². The van der Waals surface area contributed by atoms with Crippen LogP contribution >= 0.6 is 0 Å². The molecule has 1 saturated heterocycles. The van der Waals surface area contributed by atoms with Gasteiger partial charge in [-0.05, 0) is 31.9 Å². The Morgan fingerprint density at radius 2 is 2.13 bits per heavy atom. The number of benzene rings is 1. The summed E-state index contributed by atoms with van der Waals surface area (Å²) in [5, 5.41) is 9.56. The summed E-state index contributed by atoms with van der Waals surface area (Å²) in [5.41, 5.74) is 1.14. The molecule has 3 rings (SSSR count). The Morgan fingerprint density at radius 1 is 1.39 bits per heavy atom. The van der Waals surface area contributed by atoms with Crippen LogP contribution in [0.5, 0.6) is 5.75 Å².